The Bertz CT molecular complexity index is 599. The maximum atomic E-state index is 12.6. The van der Waals surface area contributed by atoms with E-state index in [-0.39, 0.29) is 61.4 Å². The van der Waals surface area contributed by atoms with E-state index in [1.807, 2.05) is 0 Å². The third kappa shape index (κ3) is 6.69. The molecule has 1 aromatic carbocycles. The fraction of sp³-hybridized carbons (Fsp3) is 0.625. The quantitative estimate of drug-likeness (QED) is 0.379. The number of phenolic OH excluding ortho intramolecular Hbond substituents is 2. The highest BCUT2D eigenvalue weighted by atomic mass is 31.2. The topological polar surface area (TPSA) is 112 Å². The van der Waals surface area contributed by atoms with Crippen LogP contribution in [0.1, 0.15) is 38.8 Å². The molecule has 26 heavy (non-hydrogen) atoms. The highest BCUT2D eigenvalue weighted by Gasteiger charge is 2.29. The second-order valence-electron chi connectivity index (χ2n) is 5.32. The molecule has 0 aliphatic heterocycles. The van der Waals surface area contributed by atoms with E-state index in [9.17, 15) is 19.3 Å². The Morgan fingerprint density at radius 1 is 0.692 bits per heavy atom. The van der Waals surface area contributed by atoms with Crippen LogP contribution in [0.15, 0.2) is 12.1 Å². The van der Waals surface area contributed by atoms with E-state index in [4.69, 9.17) is 18.1 Å². The molecule has 0 fully saturated rings. The first-order chi connectivity index (χ1) is 12.2. The molecule has 0 radical (unpaired) electrons. The van der Waals surface area contributed by atoms with Crippen LogP contribution in [0.4, 0.5) is 0 Å². The van der Waals surface area contributed by atoms with Gasteiger partial charge in [-0.1, -0.05) is 0 Å². The highest BCUT2D eigenvalue weighted by molar-refractivity contribution is 7.53. The molecule has 0 amide bonds. The van der Waals surface area contributed by atoms with E-state index in [1.165, 1.54) is 12.1 Å². The van der Waals surface area contributed by atoms with Crippen molar-refractivity contribution in [1.29, 1.82) is 0 Å². The van der Waals surface area contributed by atoms with E-state index in [2.05, 4.69) is 0 Å². The number of phenols is 2. The zero-order chi connectivity index (χ0) is 19.8. The summed E-state index contributed by atoms with van der Waals surface area (Å²) in [6.45, 7) is 7.50. The molecule has 0 saturated heterocycles. The van der Waals surface area contributed by atoms with Crippen LogP contribution in [-0.4, -0.2) is 36.6 Å². The van der Waals surface area contributed by atoms with Crippen molar-refractivity contribution < 1.29 is 37.4 Å². The second kappa shape index (κ2) is 10.5. The number of aromatic hydroxyl groups is 2. The molecule has 0 aromatic heterocycles. The van der Waals surface area contributed by atoms with Crippen molar-refractivity contribution in [2.45, 2.75) is 40.0 Å². The predicted octanol–water partition coefficient (Wildman–Crippen LogP) is 4.63. The summed E-state index contributed by atoms with van der Waals surface area (Å²) in [5, 5.41) is 20.5. The molecule has 150 valence electrons. The first-order valence-electron chi connectivity index (χ1n) is 8.52. The maximum absolute atomic E-state index is 12.6. The van der Waals surface area contributed by atoms with Gasteiger partial charge in [0.05, 0.1) is 38.8 Å². The van der Waals surface area contributed by atoms with E-state index in [0.29, 0.717) is 0 Å². The van der Waals surface area contributed by atoms with E-state index in [1.54, 1.807) is 27.7 Å². The first-order valence-corrected chi connectivity index (χ1v) is 12.0. The molecule has 1 rings (SSSR count). The van der Waals surface area contributed by atoms with Crippen molar-refractivity contribution in [3.63, 3.8) is 0 Å². The van der Waals surface area contributed by atoms with Crippen molar-refractivity contribution in [2.24, 2.45) is 0 Å². The Morgan fingerprint density at radius 3 is 1.19 bits per heavy atom. The average Bonchev–Trinajstić information content (AvgIpc) is 2.53. The molecule has 0 unspecified atom stereocenters. The largest absolute Gasteiger partial charge is 0.508 e. The molecule has 0 spiro atoms. The van der Waals surface area contributed by atoms with Crippen LogP contribution in [0.2, 0.25) is 0 Å². The van der Waals surface area contributed by atoms with Gasteiger partial charge in [-0.2, -0.15) is 0 Å². The lowest BCUT2D eigenvalue weighted by Crippen LogP contribution is -2.01. The third-order valence-electron chi connectivity index (χ3n) is 3.31. The molecule has 0 heterocycles. The first kappa shape index (κ1) is 23.2. The minimum Gasteiger partial charge on any atom is -0.508 e. The smallest absolute Gasteiger partial charge is 0.335 e. The molecule has 8 nitrogen and oxygen atoms in total. The van der Waals surface area contributed by atoms with Crippen molar-refractivity contribution in [2.75, 3.05) is 26.4 Å². The maximum Gasteiger partial charge on any atom is 0.335 e. The molecule has 0 aliphatic carbocycles. The molecule has 0 atom stereocenters. The van der Waals surface area contributed by atoms with Crippen LogP contribution in [0.25, 0.3) is 0 Å². The van der Waals surface area contributed by atoms with E-state index in [0.717, 1.165) is 0 Å². The highest BCUT2D eigenvalue weighted by Crippen LogP contribution is 2.55. The zero-order valence-electron chi connectivity index (χ0n) is 15.6. The summed E-state index contributed by atoms with van der Waals surface area (Å²) in [5.74, 6) is -0.422. The fourth-order valence-corrected chi connectivity index (χ4v) is 5.81. The van der Waals surface area contributed by atoms with Gasteiger partial charge >= 0.3 is 15.2 Å². The standard InChI is InChI=1S/C16H28O8P2/c1-5-21-25(19,22-6-2)11-13-9-16(18)14(10-15(13)17)12-26(20,23-7-3)24-8-4/h9-10,17-18H,5-8,11-12H2,1-4H3. The minimum atomic E-state index is -3.44. The number of hydrogen-bond acceptors (Lipinski definition) is 8. The summed E-state index contributed by atoms with van der Waals surface area (Å²) in [4.78, 5) is 0. The van der Waals surface area contributed by atoms with Gasteiger partial charge in [0.15, 0.2) is 0 Å². The lowest BCUT2D eigenvalue weighted by molar-refractivity contribution is 0.217. The number of rotatable bonds is 12. The van der Waals surface area contributed by atoms with Crippen LogP contribution in [0.3, 0.4) is 0 Å². The van der Waals surface area contributed by atoms with Crippen LogP contribution in [-0.2, 0) is 39.5 Å². The number of benzene rings is 1. The van der Waals surface area contributed by atoms with Gasteiger partial charge in [-0.05, 0) is 39.8 Å². The molecule has 0 saturated carbocycles. The average molecular weight is 410 g/mol. The third-order valence-corrected chi connectivity index (χ3v) is 7.37. The van der Waals surface area contributed by atoms with Gasteiger partial charge in [0.1, 0.15) is 11.5 Å². The summed E-state index contributed by atoms with van der Waals surface area (Å²) >= 11 is 0. The normalized spacial score (nSPS) is 12.5. The summed E-state index contributed by atoms with van der Waals surface area (Å²) in [5.41, 5.74) is 0.415. The summed E-state index contributed by atoms with van der Waals surface area (Å²) in [7, 11) is -6.88. The molecule has 0 bridgehead atoms. The molecule has 0 aliphatic rings. The zero-order valence-corrected chi connectivity index (χ0v) is 17.4. The minimum absolute atomic E-state index is 0.188. The van der Waals surface area contributed by atoms with Crippen molar-refractivity contribution in [3.05, 3.63) is 23.3 Å². The second-order valence-corrected chi connectivity index (χ2v) is 9.43. The Balaban J connectivity index is 3.11. The Labute approximate surface area is 154 Å². The summed E-state index contributed by atoms with van der Waals surface area (Å²) in [6, 6.07) is 2.52. The van der Waals surface area contributed by atoms with Gasteiger partial charge in [0.25, 0.3) is 0 Å². The lowest BCUT2D eigenvalue weighted by Gasteiger charge is -2.20. The van der Waals surface area contributed by atoms with Gasteiger partial charge in [-0.3, -0.25) is 9.13 Å². The Kier molecular flexibility index (Phi) is 9.31. The number of hydrogen-bond donors (Lipinski definition) is 2. The van der Waals surface area contributed by atoms with Crippen LogP contribution < -0.4 is 0 Å². The van der Waals surface area contributed by atoms with E-state index < -0.39 is 15.2 Å². The van der Waals surface area contributed by atoms with Gasteiger partial charge in [0, 0.05) is 11.1 Å². The SMILES string of the molecule is CCOP(=O)(Cc1cc(O)c(CP(=O)(OCC)OCC)cc1O)OCC. The van der Waals surface area contributed by atoms with Gasteiger partial charge in [0.2, 0.25) is 0 Å². The van der Waals surface area contributed by atoms with Crippen molar-refractivity contribution in [1.82, 2.24) is 0 Å². The molecule has 10 heteroatoms. The van der Waals surface area contributed by atoms with Crippen molar-refractivity contribution >= 4 is 15.2 Å². The van der Waals surface area contributed by atoms with Crippen molar-refractivity contribution in [3.8, 4) is 11.5 Å². The molecule has 1 aromatic rings. The molecular formula is C16H28O8P2. The van der Waals surface area contributed by atoms with Crippen LogP contribution in [0, 0.1) is 0 Å². The summed E-state index contributed by atoms with van der Waals surface area (Å²) in [6.07, 6.45) is -0.383. The molecule has 2 N–H and O–H groups in total. The van der Waals surface area contributed by atoms with Gasteiger partial charge in [-0.15, -0.1) is 0 Å². The summed E-state index contributed by atoms with van der Waals surface area (Å²) < 4.78 is 46.0. The van der Waals surface area contributed by atoms with Crippen LogP contribution >= 0.6 is 15.2 Å². The Morgan fingerprint density at radius 2 is 0.962 bits per heavy atom. The predicted molar refractivity (Wildman–Crippen MR) is 98.9 cm³/mol. The Hall–Kier alpha value is -0.880. The van der Waals surface area contributed by atoms with Gasteiger partial charge < -0.3 is 28.3 Å². The lowest BCUT2D eigenvalue weighted by atomic mass is 10.1. The van der Waals surface area contributed by atoms with Gasteiger partial charge in [-0.25, -0.2) is 0 Å². The van der Waals surface area contributed by atoms with Crippen LogP contribution in [0.5, 0.6) is 11.5 Å². The monoisotopic (exact) mass is 410 g/mol. The molecular weight excluding hydrogens is 382 g/mol. The fourth-order valence-electron chi connectivity index (χ4n) is 2.38. The van der Waals surface area contributed by atoms with E-state index >= 15 is 0 Å².